The SMILES string of the molecule is CCCCNc1cccc(OC(=O)C2CCC2)c1. The predicted octanol–water partition coefficient (Wildman–Crippen LogP) is 3.60. The lowest BCUT2D eigenvalue weighted by molar-refractivity contribution is -0.141. The van der Waals surface area contributed by atoms with E-state index in [1.165, 1.54) is 6.42 Å². The normalized spacial score (nSPS) is 14.9. The molecule has 1 aromatic rings. The van der Waals surface area contributed by atoms with Gasteiger partial charge in [-0.25, -0.2) is 0 Å². The molecule has 0 radical (unpaired) electrons. The fourth-order valence-electron chi connectivity index (χ4n) is 1.92. The Bertz CT molecular complexity index is 399. The van der Waals surface area contributed by atoms with Crippen molar-refractivity contribution in [2.75, 3.05) is 11.9 Å². The molecule has 0 spiro atoms. The fraction of sp³-hybridized carbons (Fsp3) is 0.533. The van der Waals surface area contributed by atoms with Crippen molar-refractivity contribution in [3.63, 3.8) is 0 Å². The number of carbonyl (C=O) groups is 1. The first kappa shape index (κ1) is 12.9. The van der Waals surface area contributed by atoms with E-state index in [-0.39, 0.29) is 11.9 Å². The van der Waals surface area contributed by atoms with E-state index in [9.17, 15) is 4.79 Å². The molecular weight excluding hydrogens is 226 g/mol. The van der Waals surface area contributed by atoms with Crippen LogP contribution in [0.1, 0.15) is 39.0 Å². The third-order valence-corrected chi connectivity index (χ3v) is 3.35. The van der Waals surface area contributed by atoms with Gasteiger partial charge >= 0.3 is 5.97 Å². The molecule has 3 heteroatoms. The molecule has 0 unspecified atom stereocenters. The molecule has 1 N–H and O–H groups in total. The van der Waals surface area contributed by atoms with Crippen molar-refractivity contribution in [2.24, 2.45) is 5.92 Å². The topological polar surface area (TPSA) is 38.3 Å². The molecule has 1 fully saturated rings. The Kier molecular flexibility index (Phi) is 4.62. The summed E-state index contributed by atoms with van der Waals surface area (Å²) < 4.78 is 5.39. The summed E-state index contributed by atoms with van der Waals surface area (Å²) in [5, 5.41) is 3.33. The van der Waals surface area contributed by atoms with Gasteiger partial charge in [0.05, 0.1) is 5.92 Å². The molecule has 18 heavy (non-hydrogen) atoms. The maximum absolute atomic E-state index is 11.7. The van der Waals surface area contributed by atoms with Gasteiger partial charge in [-0.15, -0.1) is 0 Å². The number of unbranched alkanes of at least 4 members (excludes halogenated alkanes) is 1. The molecule has 1 saturated carbocycles. The Morgan fingerprint density at radius 1 is 1.44 bits per heavy atom. The Morgan fingerprint density at radius 2 is 2.28 bits per heavy atom. The summed E-state index contributed by atoms with van der Waals surface area (Å²) in [5.41, 5.74) is 1.02. The molecule has 98 valence electrons. The van der Waals surface area contributed by atoms with Crippen LogP contribution in [0.15, 0.2) is 24.3 Å². The van der Waals surface area contributed by atoms with E-state index < -0.39 is 0 Å². The molecule has 0 aliphatic heterocycles. The van der Waals surface area contributed by atoms with Crippen LogP contribution in [0.5, 0.6) is 5.75 Å². The van der Waals surface area contributed by atoms with Crippen molar-refractivity contribution in [1.29, 1.82) is 0 Å². The van der Waals surface area contributed by atoms with Gasteiger partial charge in [0, 0.05) is 18.3 Å². The van der Waals surface area contributed by atoms with E-state index in [1.54, 1.807) is 0 Å². The summed E-state index contributed by atoms with van der Waals surface area (Å²) in [7, 11) is 0. The van der Waals surface area contributed by atoms with Gasteiger partial charge in [-0.2, -0.15) is 0 Å². The molecule has 0 atom stereocenters. The third kappa shape index (κ3) is 3.49. The molecule has 0 amide bonds. The van der Waals surface area contributed by atoms with Crippen LogP contribution < -0.4 is 10.1 Å². The fourth-order valence-corrected chi connectivity index (χ4v) is 1.92. The summed E-state index contributed by atoms with van der Waals surface area (Å²) >= 11 is 0. The summed E-state index contributed by atoms with van der Waals surface area (Å²) in [6.45, 7) is 3.12. The second-order valence-electron chi connectivity index (χ2n) is 4.86. The van der Waals surface area contributed by atoms with Gasteiger partial charge in [0.1, 0.15) is 5.75 Å². The van der Waals surface area contributed by atoms with Crippen molar-refractivity contribution >= 4 is 11.7 Å². The highest BCUT2D eigenvalue weighted by Crippen LogP contribution is 2.28. The van der Waals surface area contributed by atoms with Gasteiger partial charge in [0.15, 0.2) is 0 Å². The van der Waals surface area contributed by atoms with Crippen LogP contribution in [-0.2, 0) is 4.79 Å². The maximum atomic E-state index is 11.7. The number of benzene rings is 1. The van der Waals surface area contributed by atoms with Crippen molar-refractivity contribution < 1.29 is 9.53 Å². The van der Waals surface area contributed by atoms with Gasteiger partial charge in [-0.3, -0.25) is 4.79 Å². The van der Waals surface area contributed by atoms with Gasteiger partial charge < -0.3 is 10.1 Å². The first-order valence-electron chi connectivity index (χ1n) is 6.85. The molecule has 0 aromatic heterocycles. The minimum atomic E-state index is -0.0769. The van der Waals surface area contributed by atoms with Crippen LogP contribution in [0, 0.1) is 5.92 Å². The van der Waals surface area contributed by atoms with Gasteiger partial charge in [0.2, 0.25) is 0 Å². The summed E-state index contributed by atoms with van der Waals surface area (Å²) in [5.74, 6) is 0.696. The summed E-state index contributed by atoms with van der Waals surface area (Å²) in [6.07, 6.45) is 5.42. The first-order chi connectivity index (χ1) is 8.79. The number of nitrogens with one attached hydrogen (secondary N) is 1. The minimum absolute atomic E-state index is 0.0769. The van der Waals surface area contributed by atoms with E-state index in [2.05, 4.69) is 12.2 Å². The lowest BCUT2D eigenvalue weighted by Crippen LogP contribution is -2.26. The second kappa shape index (κ2) is 6.43. The highest BCUT2D eigenvalue weighted by Gasteiger charge is 2.27. The average molecular weight is 247 g/mol. The highest BCUT2D eigenvalue weighted by atomic mass is 16.5. The number of esters is 1. The van der Waals surface area contributed by atoms with Crippen molar-refractivity contribution in [3.05, 3.63) is 24.3 Å². The molecule has 0 heterocycles. The number of ether oxygens (including phenoxy) is 1. The average Bonchev–Trinajstić information content (AvgIpc) is 2.27. The van der Waals surface area contributed by atoms with Gasteiger partial charge in [-0.1, -0.05) is 25.8 Å². The molecule has 1 aromatic carbocycles. The number of anilines is 1. The van der Waals surface area contributed by atoms with E-state index in [0.29, 0.717) is 5.75 Å². The second-order valence-corrected chi connectivity index (χ2v) is 4.86. The van der Waals surface area contributed by atoms with E-state index in [0.717, 1.165) is 37.9 Å². The predicted molar refractivity (Wildman–Crippen MR) is 72.8 cm³/mol. The van der Waals surface area contributed by atoms with Crippen molar-refractivity contribution in [2.45, 2.75) is 39.0 Å². The number of carbonyl (C=O) groups excluding carboxylic acids is 1. The van der Waals surface area contributed by atoms with Gasteiger partial charge in [-0.05, 0) is 31.4 Å². The smallest absolute Gasteiger partial charge is 0.314 e. The van der Waals surface area contributed by atoms with Crippen LogP contribution >= 0.6 is 0 Å². The molecule has 0 bridgehead atoms. The van der Waals surface area contributed by atoms with Crippen LogP contribution in [0.4, 0.5) is 5.69 Å². The summed E-state index contributed by atoms with van der Waals surface area (Å²) in [4.78, 5) is 11.7. The zero-order valence-electron chi connectivity index (χ0n) is 10.9. The lowest BCUT2D eigenvalue weighted by Gasteiger charge is -2.23. The van der Waals surface area contributed by atoms with E-state index in [4.69, 9.17) is 4.74 Å². The third-order valence-electron chi connectivity index (χ3n) is 3.35. The van der Waals surface area contributed by atoms with Crippen LogP contribution in [0.3, 0.4) is 0 Å². The molecule has 1 aliphatic rings. The first-order valence-corrected chi connectivity index (χ1v) is 6.85. The molecule has 3 nitrogen and oxygen atoms in total. The standard InChI is InChI=1S/C15H21NO2/c1-2-3-10-16-13-8-5-9-14(11-13)18-15(17)12-6-4-7-12/h5,8-9,11-12,16H,2-4,6-7,10H2,1H3. The maximum Gasteiger partial charge on any atom is 0.314 e. The Morgan fingerprint density at radius 3 is 2.94 bits per heavy atom. The van der Waals surface area contributed by atoms with Crippen LogP contribution in [0.2, 0.25) is 0 Å². The zero-order chi connectivity index (χ0) is 12.8. The molecule has 1 aliphatic carbocycles. The number of hydrogen-bond donors (Lipinski definition) is 1. The van der Waals surface area contributed by atoms with Gasteiger partial charge in [0.25, 0.3) is 0 Å². The highest BCUT2D eigenvalue weighted by molar-refractivity contribution is 5.76. The Labute approximate surface area is 109 Å². The van der Waals surface area contributed by atoms with Crippen LogP contribution in [-0.4, -0.2) is 12.5 Å². The van der Waals surface area contributed by atoms with Crippen molar-refractivity contribution in [1.82, 2.24) is 0 Å². The number of rotatable bonds is 6. The largest absolute Gasteiger partial charge is 0.426 e. The zero-order valence-corrected chi connectivity index (χ0v) is 10.9. The number of hydrogen-bond acceptors (Lipinski definition) is 3. The molecule has 0 saturated heterocycles. The summed E-state index contributed by atoms with van der Waals surface area (Å²) in [6, 6.07) is 7.64. The monoisotopic (exact) mass is 247 g/mol. The van der Waals surface area contributed by atoms with Crippen LogP contribution in [0.25, 0.3) is 0 Å². The minimum Gasteiger partial charge on any atom is -0.426 e. The van der Waals surface area contributed by atoms with Crippen molar-refractivity contribution in [3.8, 4) is 5.75 Å². The quantitative estimate of drug-likeness (QED) is 0.474. The molecule has 2 rings (SSSR count). The van der Waals surface area contributed by atoms with E-state index >= 15 is 0 Å². The lowest BCUT2D eigenvalue weighted by atomic mass is 9.86. The molecular formula is C15H21NO2. The van der Waals surface area contributed by atoms with E-state index in [1.807, 2.05) is 24.3 Å². The Hall–Kier alpha value is -1.51. The Balaban J connectivity index is 1.87.